The van der Waals surface area contributed by atoms with Gasteiger partial charge >= 0.3 is 0 Å². The molecule has 0 aromatic heterocycles. The molecule has 2 N–H and O–H groups in total. The van der Waals surface area contributed by atoms with E-state index in [0.29, 0.717) is 12.6 Å². The number of fused-ring (bicyclic) bond motifs is 1. The first kappa shape index (κ1) is 22.8. The molecular weight excluding hydrogens is 445 g/mol. The molecule has 2 amide bonds. The summed E-state index contributed by atoms with van der Waals surface area (Å²) in [5, 5.41) is 6.54. The highest BCUT2D eigenvalue weighted by Crippen LogP contribution is 2.27. The molecule has 172 valence electrons. The van der Waals surface area contributed by atoms with Crippen LogP contribution in [0.4, 0.5) is 18.9 Å². The van der Waals surface area contributed by atoms with Crippen molar-refractivity contribution in [3.63, 3.8) is 0 Å². The fourth-order valence-corrected chi connectivity index (χ4v) is 3.34. The van der Waals surface area contributed by atoms with E-state index in [1.165, 1.54) is 0 Å². The second-order valence-electron chi connectivity index (χ2n) is 7.42. The second-order valence-corrected chi connectivity index (χ2v) is 7.42. The number of hydrogen-bond acceptors (Lipinski definition) is 3. The fourth-order valence-electron chi connectivity index (χ4n) is 3.34. The Labute approximate surface area is 193 Å². The molecule has 0 unspecified atom stereocenters. The zero-order valence-corrected chi connectivity index (χ0v) is 17.8. The summed E-state index contributed by atoms with van der Waals surface area (Å²) < 4.78 is 45.9. The summed E-state index contributed by atoms with van der Waals surface area (Å²) in [5.74, 6) is -5.64. The lowest BCUT2D eigenvalue weighted by Gasteiger charge is -2.14. The Morgan fingerprint density at radius 2 is 1.47 bits per heavy atom. The van der Waals surface area contributed by atoms with Gasteiger partial charge in [0.15, 0.2) is 24.1 Å². The summed E-state index contributed by atoms with van der Waals surface area (Å²) in [4.78, 5) is 25.2. The zero-order valence-electron chi connectivity index (χ0n) is 17.8. The van der Waals surface area contributed by atoms with E-state index >= 15 is 0 Å². The normalized spacial score (nSPS) is 10.7. The lowest BCUT2D eigenvalue weighted by Crippen LogP contribution is -2.25. The SMILES string of the molecule is O=C(COc1cc2ccccc2cc1C(=O)NCc1ccccc1)Nc1ccc(F)c(F)c1F. The van der Waals surface area contributed by atoms with Gasteiger partial charge in [-0.05, 0) is 40.6 Å². The quantitative estimate of drug-likeness (QED) is 0.369. The maximum absolute atomic E-state index is 13.8. The van der Waals surface area contributed by atoms with Gasteiger partial charge in [-0.25, -0.2) is 13.2 Å². The number of ether oxygens (including phenoxy) is 1. The number of rotatable bonds is 7. The Bertz CT molecular complexity index is 1360. The van der Waals surface area contributed by atoms with Gasteiger partial charge in [0, 0.05) is 6.54 Å². The summed E-state index contributed by atoms with van der Waals surface area (Å²) in [6.07, 6.45) is 0. The first-order valence-corrected chi connectivity index (χ1v) is 10.3. The van der Waals surface area contributed by atoms with Crippen molar-refractivity contribution in [3.05, 3.63) is 107 Å². The molecule has 0 aliphatic rings. The van der Waals surface area contributed by atoms with Gasteiger partial charge in [-0.15, -0.1) is 0 Å². The van der Waals surface area contributed by atoms with Crippen molar-refractivity contribution in [2.45, 2.75) is 6.54 Å². The molecule has 34 heavy (non-hydrogen) atoms. The fraction of sp³-hybridized carbons (Fsp3) is 0.0769. The molecule has 0 radical (unpaired) electrons. The summed E-state index contributed by atoms with van der Waals surface area (Å²) >= 11 is 0. The van der Waals surface area contributed by atoms with Crippen molar-refractivity contribution in [1.29, 1.82) is 0 Å². The Balaban J connectivity index is 1.52. The maximum atomic E-state index is 13.8. The van der Waals surface area contributed by atoms with Gasteiger partial charge in [0.05, 0.1) is 11.3 Å². The Hall–Kier alpha value is -4.33. The van der Waals surface area contributed by atoms with E-state index in [4.69, 9.17) is 4.74 Å². The Morgan fingerprint density at radius 3 is 2.21 bits per heavy atom. The summed E-state index contributed by atoms with van der Waals surface area (Å²) in [7, 11) is 0. The molecule has 4 rings (SSSR count). The molecule has 0 fully saturated rings. The lowest BCUT2D eigenvalue weighted by atomic mass is 10.1. The van der Waals surface area contributed by atoms with E-state index in [2.05, 4.69) is 10.6 Å². The number of amides is 2. The van der Waals surface area contributed by atoms with Crippen molar-refractivity contribution >= 4 is 28.3 Å². The molecule has 0 atom stereocenters. The molecule has 0 bridgehead atoms. The van der Waals surface area contributed by atoms with Crippen LogP contribution in [-0.4, -0.2) is 18.4 Å². The number of carbonyl (C=O) groups is 2. The minimum Gasteiger partial charge on any atom is -0.483 e. The number of halogens is 3. The van der Waals surface area contributed by atoms with Gasteiger partial charge in [0.25, 0.3) is 11.8 Å². The highest BCUT2D eigenvalue weighted by Gasteiger charge is 2.18. The van der Waals surface area contributed by atoms with Crippen LogP contribution in [0.5, 0.6) is 5.75 Å². The molecule has 0 saturated heterocycles. The Morgan fingerprint density at radius 1 is 0.794 bits per heavy atom. The van der Waals surface area contributed by atoms with E-state index < -0.39 is 41.6 Å². The van der Waals surface area contributed by atoms with Crippen LogP contribution in [0.15, 0.2) is 78.9 Å². The number of nitrogens with one attached hydrogen (secondary N) is 2. The molecule has 0 aliphatic heterocycles. The lowest BCUT2D eigenvalue weighted by molar-refractivity contribution is -0.118. The summed E-state index contributed by atoms with van der Waals surface area (Å²) in [6, 6.07) is 21.5. The third kappa shape index (κ3) is 5.17. The van der Waals surface area contributed by atoms with Gasteiger partial charge in [0.2, 0.25) is 0 Å². The van der Waals surface area contributed by atoms with Crippen LogP contribution < -0.4 is 15.4 Å². The standard InChI is InChI=1S/C26H19F3N2O3/c27-20-10-11-21(25(29)24(20)28)31-23(32)15-34-22-13-18-9-5-4-8-17(18)12-19(22)26(33)30-14-16-6-2-1-3-7-16/h1-13H,14-15H2,(H,30,33)(H,31,32). The van der Waals surface area contributed by atoms with Crippen LogP contribution in [-0.2, 0) is 11.3 Å². The molecular formula is C26H19F3N2O3. The topological polar surface area (TPSA) is 67.4 Å². The van der Waals surface area contributed by atoms with Crippen LogP contribution in [0.2, 0.25) is 0 Å². The molecule has 5 nitrogen and oxygen atoms in total. The third-order valence-corrected chi connectivity index (χ3v) is 5.06. The van der Waals surface area contributed by atoms with Gasteiger partial charge in [0.1, 0.15) is 5.75 Å². The number of benzene rings is 4. The van der Waals surface area contributed by atoms with E-state index in [1.54, 1.807) is 12.1 Å². The average Bonchev–Trinajstić information content (AvgIpc) is 2.86. The monoisotopic (exact) mass is 464 g/mol. The smallest absolute Gasteiger partial charge is 0.262 e. The number of carbonyl (C=O) groups excluding carboxylic acids is 2. The van der Waals surface area contributed by atoms with Crippen LogP contribution in [0.25, 0.3) is 10.8 Å². The largest absolute Gasteiger partial charge is 0.483 e. The van der Waals surface area contributed by atoms with Crippen LogP contribution >= 0.6 is 0 Å². The highest BCUT2D eigenvalue weighted by atomic mass is 19.2. The average molecular weight is 464 g/mol. The van der Waals surface area contributed by atoms with E-state index in [-0.39, 0.29) is 11.3 Å². The van der Waals surface area contributed by atoms with Crippen LogP contribution in [0.1, 0.15) is 15.9 Å². The van der Waals surface area contributed by atoms with Gasteiger partial charge < -0.3 is 15.4 Å². The number of hydrogen-bond donors (Lipinski definition) is 2. The second kappa shape index (κ2) is 10.1. The van der Waals surface area contributed by atoms with Crippen molar-refractivity contribution in [3.8, 4) is 5.75 Å². The van der Waals surface area contributed by atoms with Gasteiger partial charge in [-0.2, -0.15) is 0 Å². The maximum Gasteiger partial charge on any atom is 0.262 e. The van der Waals surface area contributed by atoms with Crippen LogP contribution in [0.3, 0.4) is 0 Å². The Kier molecular flexibility index (Phi) is 6.77. The summed E-state index contributed by atoms with van der Waals surface area (Å²) in [6.45, 7) is -0.294. The van der Waals surface area contributed by atoms with Gasteiger partial charge in [-0.3, -0.25) is 9.59 Å². The van der Waals surface area contributed by atoms with Crippen molar-refractivity contribution in [2.24, 2.45) is 0 Å². The first-order valence-electron chi connectivity index (χ1n) is 10.3. The highest BCUT2D eigenvalue weighted by molar-refractivity contribution is 6.02. The molecule has 0 heterocycles. The van der Waals surface area contributed by atoms with E-state index in [1.807, 2.05) is 54.6 Å². The molecule has 0 spiro atoms. The predicted octanol–water partition coefficient (Wildman–Crippen LogP) is 5.20. The first-order chi connectivity index (χ1) is 16.4. The van der Waals surface area contributed by atoms with E-state index in [9.17, 15) is 22.8 Å². The molecule has 4 aromatic carbocycles. The van der Waals surface area contributed by atoms with Crippen molar-refractivity contribution in [2.75, 3.05) is 11.9 Å². The minimum atomic E-state index is -1.69. The summed E-state index contributed by atoms with van der Waals surface area (Å²) in [5.41, 5.74) is 0.598. The molecule has 8 heteroatoms. The van der Waals surface area contributed by atoms with Gasteiger partial charge in [-0.1, -0.05) is 54.6 Å². The molecule has 0 aliphatic carbocycles. The van der Waals surface area contributed by atoms with Crippen molar-refractivity contribution < 1.29 is 27.5 Å². The van der Waals surface area contributed by atoms with E-state index in [0.717, 1.165) is 22.4 Å². The predicted molar refractivity (Wildman–Crippen MR) is 122 cm³/mol. The van der Waals surface area contributed by atoms with Crippen LogP contribution in [0, 0.1) is 17.5 Å². The minimum absolute atomic E-state index is 0.144. The zero-order chi connectivity index (χ0) is 24.1. The molecule has 4 aromatic rings. The third-order valence-electron chi connectivity index (χ3n) is 5.06. The number of anilines is 1. The molecule has 0 saturated carbocycles. The van der Waals surface area contributed by atoms with Crippen molar-refractivity contribution in [1.82, 2.24) is 5.32 Å².